The number of anilines is 1. The van der Waals surface area contributed by atoms with Crippen molar-refractivity contribution in [3.05, 3.63) is 65.4 Å². The summed E-state index contributed by atoms with van der Waals surface area (Å²) in [5.74, 6) is -2.86. The molecule has 0 bridgehead atoms. The van der Waals surface area contributed by atoms with Gasteiger partial charge >= 0.3 is 5.97 Å². The van der Waals surface area contributed by atoms with E-state index >= 15 is 0 Å². The molecule has 2 heterocycles. The molecule has 0 aliphatic rings. The normalized spacial score (nSPS) is 10.2. The summed E-state index contributed by atoms with van der Waals surface area (Å²) in [6, 6.07) is 8.29. The Morgan fingerprint density at radius 2 is 2.07 bits per heavy atom. The van der Waals surface area contributed by atoms with E-state index in [-0.39, 0.29) is 17.1 Å². The van der Waals surface area contributed by atoms with Gasteiger partial charge in [0.2, 0.25) is 0 Å². The maximum atomic E-state index is 13.7. The Hall–Kier alpha value is -4.26. The van der Waals surface area contributed by atoms with Crippen LogP contribution in [0.4, 0.5) is 10.1 Å². The fourth-order valence-electron chi connectivity index (χ4n) is 2.37. The lowest BCUT2D eigenvalue weighted by atomic mass is 10.1. The van der Waals surface area contributed by atoms with Crippen LogP contribution in [0.5, 0.6) is 5.75 Å². The maximum absolute atomic E-state index is 13.7. The molecule has 0 fully saturated rings. The molecule has 0 aliphatic carbocycles. The lowest BCUT2D eigenvalue weighted by molar-refractivity contribution is 0.0697. The van der Waals surface area contributed by atoms with Crippen molar-refractivity contribution >= 4 is 17.6 Å². The van der Waals surface area contributed by atoms with Crippen molar-refractivity contribution in [1.82, 2.24) is 14.8 Å². The molecule has 0 radical (unpaired) electrons. The molecular formula is C18H12FN5O4. The molecule has 9 nitrogen and oxygen atoms in total. The van der Waals surface area contributed by atoms with Gasteiger partial charge in [-0.15, -0.1) is 10.2 Å². The Morgan fingerprint density at radius 3 is 2.64 bits per heavy atom. The van der Waals surface area contributed by atoms with Crippen molar-refractivity contribution in [3.8, 4) is 17.6 Å². The van der Waals surface area contributed by atoms with E-state index in [9.17, 15) is 19.1 Å². The molecule has 2 N–H and O–H groups in total. The van der Waals surface area contributed by atoms with E-state index in [1.807, 2.05) is 6.07 Å². The monoisotopic (exact) mass is 381 g/mol. The summed E-state index contributed by atoms with van der Waals surface area (Å²) >= 11 is 0. The van der Waals surface area contributed by atoms with Gasteiger partial charge in [-0.2, -0.15) is 5.26 Å². The molecule has 0 unspecified atom stereocenters. The molecule has 0 atom stereocenters. The minimum absolute atomic E-state index is 0.0870. The van der Waals surface area contributed by atoms with E-state index in [2.05, 4.69) is 15.5 Å². The first-order valence-electron chi connectivity index (χ1n) is 7.77. The second-order valence-electron chi connectivity index (χ2n) is 5.49. The van der Waals surface area contributed by atoms with Crippen LogP contribution < -0.4 is 10.1 Å². The van der Waals surface area contributed by atoms with E-state index in [1.54, 1.807) is 23.0 Å². The smallest absolute Gasteiger partial charge is 0.337 e. The van der Waals surface area contributed by atoms with Gasteiger partial charge in [0.15, 0.2) is 23.1 Å². The Labute approximate surface area is 157 Å². The largest absolute Gasteiger partial charge is 0.494 e. The van der Waals surface area contributed by atoms with Gasteiger partial charge in [0.05, 0.1) is 23.9 Å². The summed E-state index contributed by atoms with van der Waals surface area (Å²) in [5.41, 5.74) is -0.232. The van der Waals surface area contributed by atoms with Gasteiger partial charge in [0.1, 0.15) is 6.07 Å². The van der Waals surface area contributed by atoms with Crippen LogP contribution in [0.15, 0.2) is 42.7 Å². The van der Waals surface area contributed by atoms with E-state index in [1.165, 1.54) is 19.2 Å². The summed E-state index contributed by atoms with van der Waals surface area (Å²) in [6.45, 7) is 0. The van der Waals surface area contributed by atoms with Gasteiger partial charge in [-0.1, -0.05) is 0 Å². The number of methoxy groups -OCH3 is 1. The molecule has 0 saturated heterocycles. The van der Waals surface area contributed by atoms with Crippen molar-refractivity contribution in [1.29, 1.82) is 5.26 Å². The molecule has 3 rings (SSSR count). The molecule has 2 aromatic heterocycles. The number of aromatic carboxylic acids is 1. The SMILES string of the molecule is COc1cc(NC(=O)c2ccc(-n3ccc(C#N)c3)nn2)c(C(=O)O)cc1F. The third kappa shape index (κ3) is 3.63. The van der Waals surface area contributed by atoms with E-state index in [4.69, 9.17) is 10.00 Å². The maximum Gasteiger partial charge on any atom is 0.337 e. The molecule has 1 amide bonds. The number of carbonyl (C=O) groups excluding carboxylic acids is 1. The average molecular weight is 381 g/mol. The second kappa shape index (κ2) is 7.55. The zero-order valence-electron chi connectivity index (χ0n) is 14.4. The zero-order valence-corrected chi connectivity index (χ0v) is 14.4. The predicted octanol–water partition coefficient (Wildman–Crippen LogP) is 2.24. The van der Waals surface area contributed by atoms with Crippen LogP contribution >= 0.6 is 0 Å². The van der Waals surface area contributed by atoms with Crippen molar-refractivity contribution < 1.29 is 23.8 Å². The highest BCUT2D eigenvalue weighted by molar-refractivity contribution is 6.06. The minimum atomic E-state index is -1.42. The third-order valence-electron chi connectivity index (χ3n) is 3.74. The van der Waals surface area contributed by atoms with E-state index in [0.717, 1.165) is 12.1 Å². The number of aromatic nitrogens is 3. The standard InChI is InChI=1S/C18H12FN5O4/c1-28-15-7-14(11(18(26)27)6-12(15)19)21-17(25)13-2-3-16(23-22-13)24-5-4-10(8-20)9-24/h2-7,9H,1H3,(H,21,25)(H,26,27). The summed E-state index contributed by atoms with van der Waals surface area (Å²) in [4.78, 5) is 23.7. The first-order chi connectivity index (χ1) is 13.4. The number of hydrogen-bond donors (Lipinski definition) is 2. The fourth-order valence-corrected chi connectivity index (χ4v) is 2.37. The molecule has 28 heavy (non-hydrogen) atoms. The Bertz CT molecular complexity index is 1100. The van der Waals surface area contributed by atoms with Crippen molar-refractivity contribution in [2.45, 2.75) is 0 Å². The number of amides is 1. The Balaban J connectivity index is 1.85. The molecule has 0 saturated carbocycles. The first-order valence-corrected chi connectivity index (χ1v) is 7.77. The van der Waals surface area contributed by atoms with Gasteiger partial charge in [-0.25, -0.2) is 9.18 Å². The van der Waals surface area contributed by atoms with Crippen LogP contribution in [-0.2, 0) is 0 Å². The van der Waals surface area contributed by atoms with E-state index < -0.39 is 23.3 Å². The van der Waals surface area contributed by atoms with Crippen molar-refractivity contribution in [2.75, 3.05) is 12.4 Å². The van der Waals surface area contributed by atoms with Crippen LogP contribution in [0.3, 0.4) is 0 Å². The molecule has 0 aliphatic heterocycles. The number of halogens is 1. The van der Waals surface area contributed by atoms with Gasteiger partial charge < -0.3 is 19.7 Å². The fraction of sp³-hybridized carbons (Fsp3) is 0.0556. The summed E-state index contributed by atoms with van der Waals surface area (Å²) in [6.07, 6.45) is 3.17. The van der Waals surface area contributed by atoms with Crippen molar-refractivity contribution in [3.63, 3.8) is 0 Å². The second-order valence-corrected chi connectivity index (χ2v) is 5.49. The number of ether oxygens (including phenoxy) is 1. The molecule has 3 aromatic rings. The number of rotatable bonds is 5. The molecule has 140 valence electrons. The molecular weight excluding hydrogens is 369 g/mol. The van der Waals surface area contributed by atoms with Crippen molar-refractivity contribution in [2.24, 2.45) is 0 Å². The van der Waals surface area contributed by atoms with Gasteiger partial charge in [0.25, 0.3) is 5.91 Å². The van der Waals surface area contributed by atoms with Gasteiger partial charge in [-0.05, 0) is 24.3 Å². The Kier molecular flexibility index (Phi) is 4.99. The van der Waals surface area contributed by atoms with Gasteiger partial charge in [-0.3, -0.25) is 4.79 Å². The van der Waals surface area contributed by atoms with E-state index in [0.29, 0.717) is 11.4 Å². The lowest BCUT2D eigenvalue weighted by Gasteiger charge is -2.11. The van der Waals surface area contributed by atoms with Crippen LogP contribution in [0.2, 0.25) is 0 Å². The molecule has 10 heteroatoms. The van der Waals surface area contributed by atoms with Crippen LogP contribution in [-0.4, -0.2) is 38.9 Å². The third-order valence-corrected chi connectivity index (χ3v) is 3.74. The first kappa shape index (κ1) is 18.5. The van der Waals surface area contributed by atoms with Crippen LogP contribution in [0.25, 0.3) is 5.82 Å². The summed E-state index contributed by atoms with van der Waals surface area (Å²) in [7, 11) is 1.22. The minimum Gasteiger partial charge on any atom is -0.494 e. The zero-order chi connectivity index (χ0) is 20.3. The highest BCUT2D eigenvalue weighted by Crippen LogP contribution is 2.26. The Morgan fingerprint density at radius 1 is 1.29 bits per heavy atom. The van der Waals surface area contributed by atoms with Gasteiger partial charge in [0, 0.05) is 18.5 Å². The summed E-state index contributed by atoms with van der Waals surface area (Å²) < 4.78 is 20.1. The van der Waals surface area contributed by atoms with Crippen LogP contribution in [0, 0.1) is 17.1 Å². The molecule has 1 aromatic carbocycles. The number of carboxylic acids is 1. The number of carboxylic acid groups (broad SMARTS) is 1. The average Bonchev–Trinajstić information content (AvgIpc) is 3.18. The predicted molar refractivity (Wildman–Crippen MR) is 93.9 cm³/mol. The van der Waals surface area contributed by atoms with Crippen LogP contribution in [0.1, 0.15) is 26.4 Å². The lowest BCUT2D eigenvalue weighted by Crippen LogP contribution is -2.17. The highest BCUT2D eigenvalue weighted by atomic mass is 19.1. The topological polar surface area (TPSA) is 130 Å². The molecule has 0 spiro atoms. The number of carbonyl (C=O) groups is 2. The number of nitriles is 1. The number of benzene rings is 1. The highest BCUT2D eigenvalue weighted by Gasteiger charge is 2.19. The number of hydrogen-bond acceptors (Lipinski definition) is 6. The summed E-state index contributed by atoms with van der Waals surface area (Å²) in [5, 5.41) is 28.1. The quantitative estimate of drug-likeness (QED) is 0.693. The number of nitrogens with one attached hydrogen (secondary N) is 1. The number of nitrogens with zero attached hydrogens (tertiary/aromatic N) is 4.